The molecule has 2 aliphatic carbocycles. The van der Waals surface area contributed by atoms with Crippen LogP contribution in [-0.4, -0.2) is 24.1 Å². The van der Waals surface area contributed by atoms with Crippen LogP contribution >= 0.6 is 0 Å². The van der Waals surface area contributed by atoms with Crippen molar-refractivity contribution in [3.8, 4) is 5.75 Å². The van der Waals surface area contributed by atoms with Gasteiger partial charge in [-0.2, -0.15) is 0 Å². The van der Waals surface area contributed by atoms with Gasteiger partial charge in [0, 0.05) is 16.8 Å². The van der Waals surface area contributed by atoms with E-state index in [1.807, 2.05) is 42.5 Å². The molecule has 0 spiro atoms. The number of fused-ring (bicyclic) bond motifs is 5. The van der Waals surface area contributed by atoms with Crippen LogP contribution in [0.3, 0.4) is 0 Å². The number of para-hydroxylation sites is 1. The average molecular weight is 377 g/mol. The number of nitrogens with one attached hydrogen (secondary N) is 1. The molecule has 4 unspecified atom stereocenters. The summed E-state index contributed by atoms with van der Waals surface area (Å²) in [5, 5.41) is 14.3. The monoisotopic (exact) mass is 377 g/mol. The fourth-order valence-electron chi connectivity index (χ4n) is 4.75. The molecule has 2 aromatic carbocycles. The zero-order valence-electron chi connectivity index (χ0n) is 15.2. The second-order valence-corrected chi connectivity index (χ2v) is 7.47. The van der Waals surface area contributed by atoms with Crippen molar-refractivity contribution in [3.63, 3.8) is 0 Å². The van der Waals surface area contributed by atoms with E-state index >= 15 is 0 Å². The predicted octanol–water partition coefficient (Wildman–Crippen LogP) is 4.06. The van der Waals surface area contributed by atoms with Gasteiger partial charge < -0.3 is 19.6 Å². The Morgan fingerprint density at radius 2 is 1.82 bits per heavy atom. The number of ether oxygens (including phenoxy) is 1. The van der Waals surface area contributed by atoms with Gasteiger partial charge in [0.05, 0.1) is 24.6 Å². The first-order chi connectivity index (χ1) is 13.6. The molecule has 0 radical (unpaired) electrons. The first-order valence-electron chi connectivity index (χ1n) is 9.28. The minimum absolute atomic E-state index is 0.0352. The predicted molar refractivity (Wildman–Crippen MR) is 104 cm³/mol. The molecule has 1 amide bonds. The number of hydrogen-bond donors (Lipinski definition) is 2. The van der Waals surface area contributed by atoms with Crippen molar-refractivity contribution in [2.45, 2.75) is 6.42 Å². The van der Waals surface area contributed by atoms with Gasteiger partial charge in [-0.15, -0.1) is 0 Å². The summed E-state index contributed by atoms with van der Waals surface area (Å²) in [6, 6.07) is 11.3. The molecule has 2 N–H and O–H groups in total. The van der Waals surface area contributed by atoms with E-state index in [9.17, 15) is 14.7 Å². The smallest absolute Gasteiger partial charge is 0.307 e. The molecule has 1 heterocycles. The molecule has 1 aromatic heterocycles. The van der Waals surface area contributed by atoms with E-state index in [2.05, 4.69) is 5.32 Å². The third-order valence-electron chi connectivity index (χ3n) is 6.00. The molecule has 2 bridgehead atoms. The third-order valence-corrected chi connectivity index (χ3v) is 6.00. The van der Waals surface area contributed by atoms with E-state index in [1.54, 1.807) is 13.2 Å². The summed E-state index contributed by atoms with van der Waals surface area (Å²) in [4.78, 5) is 24.7. The van der Waals surface area contributed by atoms with Crippen molar-refractivity contribution in [2.75, 3.05) is 12.4 Å². The van der Waals surface area contributed by atoms with Crippen LogP contribution in [0.5, 0.6) is 5.75 Å². The summed E-state index contributed by atoms with van der Waals surface area (Å²) < 4.78 is 11.4. The van der Waals surface area contributed by atoms with Gasteiger partial charge in [0.15, 0.2) is 0 Å². The van der Waals surface area contributed by atoms with Crippen molar-refractivity contribution in [1.29, 1.82) is 0 Å². The molecule has 3 aromatic rings. The first kappa shape index (κ1) is 16.9. The quantitative estimate of drug-likeness (QED) is 0.670. The Hall–Kier alpha value is -3.28. The van der Waals surface area contributed by atoms with Gasteiger partial charge in [0.25, 0.3) is 0 Å². The number of anilines is 1. The summed E-state index contributed by atoms with van der Waals surface area (Å²) in [5.41, 5.74) is 1.88. The second-order valence-electron chi connectivity index (χ2n) is 7.47. The number of allylic oxidation sites excluding steroid dienone is 2. The Morgan fingerprint density at radius 1 is 1.07 bits per heavy atom. The van der Waals surface area contributed by atoms with Gasteiger partial charge in [-0.05, 0) is 30.4 Å². The summed E-state index contributed by atoms with van der Waals surface area (Å²) in [7, 11) is 1.54. The summed E-state index contributed by atoms with van der Waals surface area (Å²) in [6.45, 7) is 0. The summed E-state index contributed by atoms with van der Waals surface area (Å²) >= 11 is 0. The molecule has 0 aliphatic heterocycles. The maximum absolute atomic E-state index is 13.0. The fourth-order valence-corrected chi connectivity index (χ4v) is 4.75. The van der Waals surface area contributed by atoms with E-state index < -0.39 is 17.8 Å². The zero-order valence-corrected chi connectivity index (χ0v) is 15.2. The molecular formula is C22H19NO5. The Labute approximate surface area is 160 Å². The highest BCUT2D eigenvalue weighted by Crippen LogP contribution is 2.48. The van der Waals surface area contributed by atoms with Crippen LogP contribution in [0.4, 0.5) is 5.69 Å². The molecule has 5 rings (SSSR count). The van der Waals surface area contributed by atoms with Gasteiger partial charge in [-0.3, -0.25) is 9.59 Å². The van der Waals surface area contributed by atoms with Crippen LogP contribution in [0.15, 0.2) is 53.0 Å². The number of hydrogen-bond acceptors (Lipinski definition) is 4. The lowest BCUT2D eigenvalue weighted by molar-refractivity contribution is -0.146. The SMILES string of the molecule is COc1cc2c(cc1NC(=O)C1C3C=CC(C3)C1C(=O)O)oc1ccccc12. The molecule has 1 fully saturated rings. The van der Waals surface area contributed by atoms with Crippen LogP contribution in [0.1, 0.15) is 6.42 Å². The lowest BCUT2D eigenvalue weighted by atomic mass is 9.82. The minimum atomic E-state index is -0.920. The van der Waals surface area contributed by atoms with Crippen molar-refractivity contribution in [3.05, 3.63) is 48.6 Å². The standard InChI is InChI=1S/C22H19NO5/c1-27-18-9-14-13-4-2-3-5-16(13)28-17(14)10-15(18)23-21(24)19-11-6-7-12(8-11)20(19)22(25)26/h2-7,9-12,19-20H,8H2,1H3,(H,23,24)(H,25,26). The highest BCUT2D eigenvalue weighted by atomic mass is 16.5. The van der Waals surface area contributed by atoms with Crippen LogP contribution in [-0.2, 0) is 9.59 Å². The average Bonchev–Trinajstić information content (AvgIpc) is 3.39. The Morgan fingerprint density at radius 3 is 2.57 bits per heavy atom. The second kappa shape index (κ2) is 6.12. The highest BCUT2D eigenvalue weighted by molar-refractivity contribution is 6.08. The molecule has 1 saturated carbocycles. The summed E-state index contributed by atoms with van der Waals surface area (Å²) in [6.07, 6.45) is 4.61. The largest absolute Gasteiger partial charge is 0.495 e. The Kier molecular flexibility index (Phi) is 3.69. The number of methoxy groups -OCH3 is 1. The third kappa shape index (κ3) is 2.41. The molecule has 142 valence electrons. The van der Waals surface area contributed by atoms with Gasteiger partial charge in [-0.25, -0.2) is 0 Å². The van der Waals surface area contributed by atoms with Gasteiger partial charge in [0.1, 0.15) is 16.9 Å². The van der Waals surface area contributed by atoms with E-state index in [4.69, 9.17) is 9.15 Å². The number of benzene rings is 2. The summed E-state index contributed by atoms with van der Waals surface area (Å²) in [5.74, 6) is -2.07. The van der Waals surface area contributed by atoms with Crippen LogP contribution < -0.4 is 10.1 Å². The zero-order chi connectivity index (χ0) is 19.4. The Balaban J connectivity index is 1.52. The van der Waals surface area contributed by atoms with Gasteiger partial charge in [0.2, 0.25) is 5.91 Å². The van der Waals surface area contributed by atoms with Gasteiger partial charge in [-0.1, -0.05) is 30.4 Å². The molecule has 28 heavy (non-hydrogen) atoms. The fraction of sp³-hybridized carbons (Fsp3) is 0.273. The number of carbonyl (C=O) groups excluding carboxylic acids is 1. The van der Waals surface area contributed by atoms with Crippen molar-refractivity contribution in [2.24, 2.45) is 23.7 Å². The van der Waals surface area contributed by atoms with E-state index in [1.165, 1.54) is 0 Å². The van der Waals surface area contributed by atoms with Gasteiger partial charge >= 0.3 is 5.97 Å². The molecule has 0 saturated heterocycles. The maximum Gasteiger partial charge on any atom is 0.307 e. The number of carboxylic acids is 1. The first-order valence-corrected chi connectivity index (χ1v) is 9.28. The maximum atomic E-state index is 13.0. The van der Waals surface area contributed by atoms with E-state index in [0.29, 0.717) is 17.0 Å². The van der Waals surface area contributed by atoms with E-state index in [-0.39, 0.29) is 17.7 Å². The van der Waals surface area contributed by atoms with Crippen LogP contribution in [0.2, 0.25) is 0 Å². The lowest BCUT2D eigenvalue weighted by Gasteiger charge is -2.24. The molecule has 2 aliphatic rings. The topological polar surface area (TPSA) is 88.8 Å². The highest BCUT2D eigenvalue weighted by Gasteiger charge is 2.51. The van der Waals surface area contributed by atoms with Crippen LogP contribution in [0.25, 0.3) is 21.9 Å². The van der Waals surface area contributed by atoms with Crippen molar-refractivity contribution >= 4 is 39.5 Å². The van der Waals surface area contributed by atoms with E-state index in [0.717, 1.165) is 22.8 Å². The van der Waals surface area contributed by atoms with Crippen molar-refractivity contribution in [1.82, 2.24) is 0 Å². The number of carboxylic acid groups (broad SMARTS) is 1. The molecule has 6 heteroatoms. The molecule has 6 nitrogen and oxygen atoms in total. The normalized spacial score (nSPS) is 25.5. The number of furan rings is 1. The number of amides is 1. The van der Waals surface area contributed by atoms with Crippen molar-refractivity contribution < 1.29 is 23.8 Å². The Bertz CT molecular complexity index is 1140. The van der Waals surface area contributed by atoms with Crippen LogP contribution in [0, 0.1) is 23.7 Å². The minimum Gasteiger partial charge on any atom is -0.495 e. The number of rotatable bonds is 4. The molecule has 4 atom stereocenters. The number of aliphatic carboxylic acids is 1. The molecular weight excluding hydrogens is 358 g/mol. The lowest BCUT2D eigenvalue weighted by Crippen LogP contribution is -2.36. The number of carbonyl (C=O) groups is 2.